The zero-order chi connectivity index (χ0) is 12.7. The van der Waals surface area contributed by atoms with Gasteiger partial charge >= 0.3 is 0 Å². The Kier molecular flexibility index (Phi) is 5.84. The lowest BCUT2D eigenvalue weighted by atomic mass is 10.1. The van der Waals surface area contributed by atoms with Crippen LogP contribution in [0.25, 0.3) is 0 Å². The Balaban J connectivity index is 2.51. The second kappa shape index (κ2) is 7.17. The highest BCUT2D eigenvalue weighted by molar-refractivity contribution is 6.17. The molecule has 1 N–H and O–H groups in total. The largest absolute Gasteiger partial charge is 0.497 e. The Morgan fingerprint density at radius 3 is 2.59 bits per heavy atom. The van der Waals surface area contributed by atoms with Crippen LogP contribution in [0.2, 0.25) is 0 Å². The summed E-state index contributed by atoms with van der Waals surface area (Å²) in [6, 6.07) is 7.67. The standard InChI is InChI=1S/C13H18ClNO2/c1-10(15-13(16)4-3-9-14)11-5-7-12(17-2)8-6-11/h5-8,10H,3-4,9H2,1-2H3,(H,15,16)/t10-/m0/s1. The van der Waals surface area contributed by atoms with Crippen molar-refractivity contribution in [3.63, 3.8) is 0 Å². The average Bonchev–Trinajstić information content (AvgIpc) is 2.36. The molecule has 1 aromatic carbocycles. The van der Waals surface area contributed by atoms with Crippen LogP contribution >= 0.6 is 11.6 Å². The maximum atomic E-state index is 11.5. The fourth-order valence-corrected chi connectivity index (χ4v) is 1.65. The summed E-state index contributed by atoms with van der Waals surface area (Å²) in [6.45, 7) is 1.96. The van der Waals surface area contributed by atoms with E-state index in [1.165, 1.54) is 0 Å². The van der Waals surface area contributed by atoms with Crippen LogP contribution in [0.1, 0.15) is 31.4 Å². The molecule has 0 spiro atoms. The third-order valence-corrected chi connectivity index (χ3v) is 2.80. The molecular weight excluding hydrogens is 238 g/mol. The van der Waals surface area contributed by atoms with Crippen LogP contribution in [0.3, 0.4) is 0 Å². The van der Waals surface area contributed by atoms with E-state index in [2.05, 4.69) is 5.32 Å². The minimum Gasteiger partial charge on any atom is -0.497 e. The molecule has 1 aromatic rings. The second-order valence-electron chi connectivity index (χ2n) is 3.85. The molecule has 0 aliphatic rings. The third kappa shape index (κ3) is 4.65. The lowest BCUT2D eigenvalue weighted by Crippen LogP contribution is -2.26. The SMILES string of the molecule is COc1ccc([C@H](C)NC(=O)CCCCl)cc1. The number of benzene rings is 1. The minimum absolute atomic E-state index is 0.00346. The Bertz CT molecular complexity index is 351. The average molecular weight is 256 g/mol. The molecule has 0 radical (unpaired) electrons. The quantitative estimate of drug-likeness (QED) is 0.794. The number of rotatable bonds is 6. The van der Waals surface area contributed by atoms with Crippen molar-refractivity contribution in [2.24, 2.45) is 0 Å². The molecule has 4 heteroatoms. The summed E-state index contributed by atoms with van der Waals surface area (Å²) in [5.41, 5.74) is 1.06. The predicted molar refractivity (Wildman–Crippen MR) is 69.5 cm³/mol. The van der Waals surface area contributed by atoms with Gasteiger partial charge in [0.1, 0.15) is 5.75 Å². The van der Waals surface area contributed by atoms with E-state index in [4.69, 9.17) is 16.3 Å². The van der Waals surface area contributed by atoms with Gasteiger partial charge in [-0.2, -0.15) is 0 Å². The number of methoxy groups -OCH3 is 1. The van der Waals surface area contributed by atoms with E-state index in [0.717, 1.165) is 11.3 Å². The van der Waals surface area contributed by atoms with Gasteiger partial charge in [-0.3, -0.25) is 4.79 Å². The highest BCUT2D eigenvalue weighted by Gasteiger charge is 2.08. The van der Waals surface area contributed by atoms with Gasteiger partial charge < -0.3 is 10.1 Å². The zero-order valence-electron chi connectivity index (χ0n) is 10.2. The number of alkyl halides is 1. The fraction of sp³-hybridized carbons (Fsp3) is 0.462. The number of hydrogen-bond donors (Lipinski definition) is 1. The van der Waals surface area contributed by atoms with E-state index in [9.17, 15) is 4.79 Å². The number of halogens is 1. The van der Waals surface area contributed by atoms with Crippen LogP contribution in [-0.2, 0) is 4.79 Å². The molecule has 0 aliphatic carbocycles. The molecule has 0 saturated carbocycles. The van der Waals surface area contributed by atoms with E-state index in [1.807, 2.05) is 31.2 Å². The summed E-state index contributed by atoms with van der Waals surface area (Å²) in [6.07, 6.45) is 1.19. The first kappa shape index (κ1) is 13.8. The van der Waals surface area contributed by atoms with Gasteiger partial charge in [0.05, 0.1) is 13.2 Å². The molecule has 1 amide bonds. The highest BCUT2D eigenvalue weighted by Crippen LogP contribution is 2.17. The summed E-state index contributed by atoms with van der Waals surface area (Å²) in [7, 11) is 1.63. The van der Waals surface area contributed by atoms with Gasteiger partial charge in [0.2, 0.25) is 5.91 Å². The monoisotopic (exact) mass is 255 g/mol. The molecule has 0 bridgehead atoms. The molecule has 0 heterocycles. The lowest BCUT2D eigenvalue weighted by molar-refractivity contribution is -0.121. The van der Waals surface area contributed by atoms with Crippen LogP contribution in [0.15, 0.2) is 24.3 Å². The topological polar surface area (TPSA) is 38.3 Å². The normalized spacial score (nSPS) is 11.9. The number of ether oxygens (including phenoxy) is 1. The van der Waals surface area contributed by atoms with Crippen LogP contribution in [0, 0.1) is 0 Å². The van der Waals surface area contributed by atoms with Crippen molar-refractivity contribution in [1.29, 1.82) is 0 Å². The Hall–Kier alpha value is -1.22. The maximum absolute atomic E-state index is 11.5. The number of carbonyl (C=O) groups excluding carboxylic acids is 1. The lowest BCUT2D eigenvalue weighted by Gasteiger charge is -2.14. The van der Waals surface area contributed by atoms with Gasteiger partial charge in [-0.1, -0.05) is 12.1 Å². The van der Waals surface area contributed by atoms with Crippen molar-refractivity contribution in [2.75, 3.05) is 13.0 Å². The molecule has 3 nitrogen and oxygen atoms in total. The summed E-state index contributed by atoms with van der Waals surface area (Å²) in [4.78, 5) is 11.5. The first-order valence-corrected chi connectivity index (χ1v) is 6.20. The number of amides is 1. The first-order chi connectivity index (χ1) is 8.17. The van der Waals surface area contributed by atoms with Gasteiger partial charge in [0, 0.05) is 12.3 Å². The molecule has 1 atom stereocenters. The summed E-state index contributed by atoms with van der Waals surface area (Å²) in [5, 5.41) is 2.93. The van der Waals surface area contributed by atoms with E-state index >= 15 is 0 Å². The molecule has 94 valence electrons. The third-order valence-electron chi connectivity index (χ3n) is 2.53. The zero-order valence-corrected chi connectivity index (χ0v) is 11.0. The van der Waals surface area contributed by atoms with Crippen molar-refractivity contribution < 1.29 is 9.53 Å². The Labute approximate surface area is 107 Å². The molecule has 0 aliphatic heterocycles. The molecule has 0 saturated heterocycles. The maximum Gasteiger partial charge on any atom is 0.220 e. The number of nitrogens with one attached hydrogen (secondary N) is 1. The molecule has 1 rings (SSSR count). The summed E-state index contributed by atoms with van der Waals surface area (Å²) >= 11 is 5.54. The Morgan fingerprint density at radius 1 is 1.41 bits per heavy atom. The molecule has 0 unspecified atom stereocenters. The number of carbonyl (C=O) groups is 1. The molecule has 17 heavy (non-hydrogen) atoms. The van der Waals surface area contributed by atoms with E-state index < -0.39 is 0 Å². The van der Waals surface area contributed by atoms with E-state index in [1.54, 1.807) is 7.11 Å². The molecule has 0 aromatic heterocycles. The number of hydrogen-bond acceptors (Lipinski definition) is 2. The van der Waals surface area contributed by atoms with Crippen LogP contribution in [0.4, 0.5) is 0 Å². The van der Waals surface area contributed by atoms with Crippen molar-refractivity contribution in [3.8, 4) is 5.75 Å². The van der Waals surface area contributed by atoms with Crippen LogP contribution in [-0.4, -0.2) is 18.9 Å². The second-order valence-corrected chi connectivity index (χ2v) is 4.23. The highest BCUT2D eigenvalue weighted by atomic mass is 35.5. The van der Waals surface area contributed by atoms with E-state index in [-0.39, 0.29) is 11.9 Å². The summed E-state index contributed by atoms with van der Waals surface area (Å²) in [5.74, 6) is 1.37. The predicted octanol–water partition coefficient (Wildman–Crippen LogP) is 2.89. The van der Waals surface area contributed by atoms with Crippen molar-refractivity contribution in [2.45, 2.75) is 25.8 Å². The van der Waals surface area contributed by atoms with Crippen LogP contribution in [0.5, 0.6) is 5.75 Å². The van der Waals surface area contributed by atoms with Crippen molar-refractivity contribution >= 4 is 17.5 Å². The van der Waals surface area contributed by atoms with E-state index in [0.29, 0.717) is 18.7 Å². The smallest absolute Gasteiger partial charge is 0.220 e. The van der Waals surface area contributed by atoms with Crippen molar-refractivity contribution in [3.05, 3.63) is 29.8 Å². The summed E-state index contributed by atoms with van der Waals surface area (Å²) < 4.78 is 5.08. The first-order valence-electron chi connectivity index (χ1n) is 5.66. The Morgan fingerprint density at radius 2 is 2.06 bits per heavy atom. The van der Waals surface area contributed by atoms with Gasteiger partial charge in [0.15, 0.2) is 0 Å². The van der Waals surface area contributed by atoms with Gasteiger partial charge in [-0.25, -0.2) is 0 Å². The minimum atomic E-state index is 0.00346. The fourth-order valence-electron chi connectivity index (χ4n) is 1.52. The molecular formula is C13H18ClNO2. The van der Waals surface area contributed by atoms with Gasteiger partial charge in [-0.15, -0.1) is 11.6 Å². The van der Waals surface area contributed by atoms with Crippen molar-refractivity contribution in [1.82, 2.24) is 5.32 Å². The van der Waals surface area contributed by atoms with Gasteiger partial charge in [0.25, 0.3) is 0 Å². The molecule has 0 fully saturated rings. The van der Waals surface area contributed by atoms with Gasteiger partial charge in [-0.05, 0) is 31.0 Å². The van der Waals surface area contributed by atoms with Crippen LogP contribution < -0.4 is 10.1 Å².